The van der Waals surface area contributed by atoms with E-state index in [9.17, 15) is 9.59 Å². The van der Waals surface area contributed by atoms with Gasteiger partial charge in [0.25, 0.3) is 0 Å². The van der Waals surface area contributed by atoms with E-state index in [0.29, 0.717) is 23.9 Å². The van der Waals surface area contributed by atoms with E-state index in [1.54, 1.807) is 40.5 Å². The highest BCUT2D eigenvalue weighted by Crippen LogP contribution is 2.34. The van der Waals surface area contributed by atoms with Gasteiger partial charge in [0.2, 0.25) is 5.91 Å². The van der Waals surface area contributed by atoms with Crippen LogP contribution in [0, 0.1) is 6.92 Å². The van der Waals surface area contributed by atoms with Crippen LogP contribution in [0.1, 0.15) is 35.9 Å². The number of benzene rings is 2. The second kappa shape index (κ2) is 11.1. The predicted octanol–water partition coefficient (Wildman–Crippen LogP) is 6.16. The molecule has 6 nitrogen and oxygen atoms in total. The van der Waals surface area contributed by atoms with Crippen molar-refractivity contribution in [3.05, 3.63) is 81.0 Å². The number of amides is 3. The standard InChI is InChI=1S/C27H30ClN3O3S/c1-18(2)31(27(33)29-21-9-6-8-20(28)15-21)16-26(32)30-13-11-25-22(12-14-35-25)23(30)17-34-24-10-5-4-7-19(24)3/h4-10,12,14-15,18,23H,11,13,16-17H2,1-3H3,(H,29,33)/t23-/m0/s1. The molecule has 1 aliphatic heterocycles. The van der Waals surface area contributed by atoms with Crippen molar-refractivity contribution in [3.63, 3.8) is 0 Å². The third-order valence-corrected chi connectivity index (χ3v) is 7.40. The quantitative estimate of drug-likeness (QED) is 0.413. The van der Waals surface area contributed by atoms with Gasteiger partial charge in [0.1, 0.15) is 18.9 Å². The Hall–Kier alpha value is -3.03. The molecule has 35 heavy (non-hydrogen) atoms. The van der Waals surface area contributed by atoms with Crippen molar-refractivity contribution < 1.29 is 14.3 Å². The first kappa shape index (κ1) is 25.1. The van der Waals surface area contributed by atoms with Crippen LogP contribution in [0.15, 0.2) is 60.0 Å². The number of carbonyl (C=O) groups excluding carboxylic acids is 2. The van der Waals surface area contributed by atoms with Gasteiger partial charge in [-0.25, -0.2) is 4.79 Å². The summed E-state index contributed by atoms with van der Waals surface area (Å²) in [5.74, 6) is 0.710. The Balaban J connectivity index is 1.50. The van der Waals surface area contributed by atoms with Gasteiger partial charge in [-0.3, -0.25) is 4.79 Å². The summed E-state index contributed by atoms with van der Waals surface area (Å²) in [5.41, 5.74) is 2.77. The Morgan fingerprint density at radius 3 is 2.74 bits per heavy atom. The van der Waals surface area contributed by atoms with Gasteiger partial charge in [-0.2, -0.15) is 0 Å². The summed E-state index contributed by atoms with van der Waals surface area (Å²) in [4.78, 5) is 31.3. The number of aryl methyl sites for hydroxylation is 1. The first-order chi connectivity index (χ1) is 16.8. The van der Waals surface area contributed by atoms with Gasteiger partial charge in [0, 0.05) is 28.2 Å². The lowest BCUT2D eigenvalue weighted by Crippen LogP contribution is -2.50. The summed E-state index contributed by atoms with van der Waals surface area (Å²) in [7, 11) is 0. The van der Waals surface area contributed by atoms with E-state index >= 15 is 0 Å². The molecule has 0 aliphatic carbocycles. The molecule has 0 radical (unpaired) electrons. The highest BCUT2D eigenvalue weighted by Gasteiger charge is 2.34. The smallest absolute Gasteiger partial charge is 0.322 e. The fourth-order valence-corrected chi connectivity index (χ4v) is 5.37. The lowest BCUT2D eigenvalue weighted by atomic mass is 10.00. The number of ether oxygens (including phenoxy) is 1. The average Bonchev–Trinajstić information content (AvgIpc) is 3.30. The first-order valence-electron chi connectivity index (χ1n) is 11.7. The number of hydrogen-bond donors (Lipinski definition) is 1. The normalized spacial score (nSPS) is 15.0. The van der Waals surface area contributed by atoms with Gasteiger partial charge in [0.05, 0.1) is 6.04 Å². The third kappa shape index (κ3) is 5.97. The highest BCUT2D eigenvalue weighted by molar-refractivity contribution is 7.10. The number of thiophene rings is 1. The largest absolute Gasteiger partial charge is 0.491 e. The molecule has 0 spiro atoms. The second-order valence-corrected chi connectivity index (χ2v) is 10.3. The van der Waals surface area contributed by atoms with Crippen LogP contribution >= 0.6 is 22.9 Å². The van der Waals surface area contributed by atoms with Crippen LogP contribution in [0.4, 0.5) is 10.5 Å². The molecule has 0 fully saturated rings. The number of nitrogens with one attached hydrogen (secondary N) is 1. The summed E-state index contributed by atoms with van der Waals surface area (Å²) in [5, 5.41) is 5.46. The minimum absolute atomic E-state index is 0.0234. The zero-order valence-electron chi connectivity index (χ0n) is 20.2. The summed E-state index contributed by atoms with van der Waals surface area (Å²) in [6, 6.07) is 16.2. The van der Waals surface area contributed by atoms with E-state index in [2.05, 4.69) is 16.8 Å². The van der Waals surface area contributed by atoms with E-state index in [1.165, 1.54) is 4.88 Å². The Morgan fingerprint density at radius 1 is 1.20 bits per heavy atom. The minimum atomic E-state index is -0.337. The van der Waals surface area contributed by atoms with Crippen LogP contribution in [-0.4, -0.2) is 47.5 Å². The molecule has 1 aliphatic rings. The molecule has 2 aromatic carbocycles. The fourth-order valence-electron chi connectivity index (χ4n) is 4.25. The molecule has 1 N–H and O–H groups in total. The van der Waals surface area contributed by atoms with Crippen LogP contribution in [0.5, 0.6) is 5.75 Å². The first-order valence-corrected chi connectivity index (χ1v) is 13.0. The van der Waals surface area contributed by atoms with Gasteiger partial charge in [-0.15, -0.1) is 11.3 Å². The molecule has 2 heterocycles. The van der Waals surface area contributed by atoms with Crippen LogP contribution < -0.4 is 10.1 Å². The monoisotopic (exact) mass is 511 g/mol. The van der Waals surface area contributed by atoms with Gasteiger partial charge in [0.15, 0.2) is 0 Å². The summed E-state index contributed by atoms with van der Waals surface area (Å²) in [6.45, 7) is 6.73. The van der Waals surface area contributed by atoms with Crippen molar-refractivity contribution in [2.75, 3.05) is 25.0 Å². The predicted molar refractivity (Wildman–Crippen MR) is 141 cm³/mol. The van der Waals surface area contributed by atoms with Crippen LogP contribution in [0.25, 0.3) is 0 Å². The maximum absolute atomic E-state index is 13.6. The number of nitrogens with zero attached hydrogens (tertiary/aromatic N) is 2. The SMILES string of the molecule is Cc1ccccc1OC[C@H]1c2ccsc2CCN1C(=O)CN(C(=O)Nc1cccc(Cl)c1)C(C)C. The number of halogens is 1. The number of rotatable bonds is 7. The van der Waals surface area contributed by atoms with Crippen LogP contribution in [-0.2, 0) is 11.2 Å². The summed E-state index contributed by atoms with van der Waals surface area (Å²) in [6.07, 6.45) is 0.802. The Labute approximate surface area is 215 Å². The van der Waals surface area contributed by atoms with Crippen molar-refractivity contribution in [3.8, 4) is 5.75 Å². The van der Waals surface area contributed by atoms with Gasteiger partial charge in [-0.1, -0.05) is 35.9 Å². The molecule has 4 rings (SSSR count). The molecule has 0 saturated heterocycles. The van der Waals surface area contributed by atoms with Crippen molar-refractivity contribution in [2.45, 2.75) is 39.3 Å². The highest BCUT2D eigenvalue weighted by atomic mass is 35.5. The molecule has 184 valence electrons. The van der Waals surface area contributed by atoms with E-state index in [1.807, 2.05) is 49.9 Å². The number of urea groups is 1. The summed E-state index contributed by atoms with van der Waals surface area (Å²) >= 11 is 7.77. The molecule has 0 unspecified atom stereocenters. The molecule has 0 saturated carbocycles. The van der Waals surface area contributed by atoms with Crippen molar-refractivity contribution in [1.82, 2.24) is 9.80 Å². The lowest BCUT2D eigenvalue weighted by molar-refractivity contribution is -0.135. The minimum Gasteiger partial charge on any atom is -0.491 e. The molecule has 1 atom stereocenters. The van der Waals surface area contributed by atoms with E-state index in [-0.39, 0.29) is 30.6 Å². The Morgan fingerprint density at radius 2 is 2.00 bits per heavy atom. The molecule has 8 heteroatoms. The molecular formula is C27H30ClN3O3S. The van der Waals surface area contributed by atoms with Gasteiger partial charge >= 0.3 is 6.03 Å². The number of hydrogen-bond acceptors (Lipinski definition) is 4. The zero-order valence-corrected chi connectivity index (χ0v) is 21.7. The third-order valence-electron chi connectivity index (χ3n) is 6.17. The number of fused-ring (bicyclic) bond motifs is 1. The second-order valence-electron chi connectivity index (χ2n) is 8.89. The fraction of sp³-hybridized carbons (Fsp3) is 0.333. The van der Waals surface area contributed by atoms with Crippen molar-refractivity contribution in [2.24, 2.45) is 0 Å². The van der Waals surface area contributed by atoms with E-state index in [0.717, 1.165) is 23.3 Å². The molecular weight excluding hydrogens is 482 g/mol. The zero-order chi connectivity index (χ0) is 24.9. The summed E-state index contributed by atoms with van der Waals surface area (Å²) < 4.78 is 6.18. The number of carbonyl (C=O) groups is 2. The maximum atomic E-state index is 13.6. The molecule has 1 aromatic heterocycles. The molecule has 3 aromatic rings. The number of anilines is 1. The Bertz CT molecular complexity index is 1200. The molecule has 3 amide bonds. The van der Waals surface area contributed by atoms with Crippen LogP contribution in [0.3, 0.4) is 0 Å². The van der Waals surface area contributed by atoms with E-state index in [4.69, 9.17) is 16.3 Å². The average molecular weight is 512 g/mol. The number of para-hydroxylation sites is 1. The van der Waals surface area contributed by atoms with Crippen molar-refractivity contribution in [1.29, 1.82) is 0 Å². The molecule has 0 bridgehead atoms. The van der Waals surface area contributed by atoms with Gasteiger partial charge < -0.3 is 19.9 Å². The van der Waals surface area contributed by atoms with E-state index < -0.39 is 0 Å². The van der Waals surface area contributed by atoms with Crippen molar-refractivity contribution >= 4 is 40.6 Å². The van der Waals surface area contributed by atoms with Gasteiger partial charge in [-0.05, 0) is 74.0 Å². The van der Waals surface area contributed by atoms with Crippen LogP contribution in [0.2, 0.25) is 5.02 Å². The maximum Gasteiger partial charge on any atom is 0.322 e. The topological polar surface area (TPSA) is 61.9 Å². The Kier molecular flexibility index (Phi) is 7.98. The lowest BCUT2D eigenvalue weighted by Gasteiger charge is -2.37.